The topological polar surface area (TPSA) is 66.2 Å². The second-order valence-corrected chi connectivity index (χ2v) is 5.15. The van der Waals surface area contributed by atoms with Crippen LogP contribution in [0.4, 0.5) is 0 Å². The van der Waals surface area contributed by atoms with E-state index in [1.165, 1.54) is 0 Å². The summed E-state index contributed by atoms with van der Waals surface area (Å²) in [6.45, 7) is 3.32. The molecule has 0 fully saturated rings. The maximum Gasteiger partial charge on any atom is 0.0964 e. The number of benzene rings is 1. The number of aliphatic hydroxyl groups is 2. The number of pyridine rings is 2. The zero-order valence-corrected chi connectivity index (χ0v) is 15.1. The molecule has 2 N–H and O–H groups in total. The minimum atomic E-state index is -0.375. The smallest absolute Gasteiger partial charge is 0.0964 e. The van der Waals surface area contributed by atoms with Gasteiger partial charge in [0.25, 0.3) is 0 Å². The Labute approximate surface area is 171 Å². The fourth-order valence-corrected chi connectivity index (χ4v) is 2.17. The van der Waals surface area contributed by atoms with E-state index in [9.17, 15) is 0 Å². The van der Waals surface area contributed by atoms with Crippen LogP contribution in [0.25, 0.3) is 21.8 Å². The number of aromatic nitrogens is 2. The van der Waals surface area contributed by atoms with Gasteiger partial charge < -0.3 is 10.2 Å². The van der Waals surface area contributed by atoms with Crippen molar-refractivity contribution >= 4 is 21.8 Å². The van der Waals surface area contributed by atoms with Crippen LogP contribution in [0.3, 0.4) is 0 Å². The van der Waals surface area contributed by atoms with Crippen LogP contribution in [0.15, 0.2) is 48.8 Å². The Hall–Kier alpha value is -0.456. The minimum Gasteiger partial charge on any atom is -0.393 e. The normalized spacial score (nSPS) is 12.9. The molecule has 0 aliphatic carbocycles. The molecule has 0 spiro atoms. The molecule has 0 bridgehead atoms. The van der Waals surface area contributed by atoms with E-state index in [0.717, 1.165) is 21.8 Å². The fourth-order valence-electron chi connectivity index (χ4n) is 2.17. The molecule has 5 heteroatoms. The van der Waals surface area contributed by atoms with Gasteiger partial charge in [0, 0.05) is 72.5 Å². The zero-order valence-electron chi connectivity index (χ0n) is 12.6. The van der Waals surface area contributed by atoms with Gasteiger partial charge in [0.15, 0.2) is 0 Å². The molecular formula is C17H20EuN2O2. The second kappa shape index (κ2) is 9.63. The van der Waals surface area contributed by atoms with Gasteiger partial charge in [-0.25, -0.2) is 0 Å². The Kier molecular flexibility index (Phi) is 8.58. The van der Waals surface area contributed by atoms with Gasteiger partial charge in [-0.3, -0.25) is 9.97 Å². The van der Waals surface area contributed by atoms with Gasteiger partial charge in [0.1, 0.15) is 0 Å². The summed E-state index contributed by atoms with van der Waals surface area (Å²) in [7, 11) is 0. The van der Waals surface area contributed by atoms with Crippen LogP contribution in [0.2, 0.25) is 0 Å². The van der Waals surface area contributed by atoms with E-state index in [-0.39, 0.29) is 61.6 Å². The van der Waals surface area contributed by atoms with Crippen molar-refractivity contribution in [3.05, 3.63) is 48.8 Å². The molecule has 2 unspecified atom stereocenters. The van der Waals surface area contributed by atoms with E-state index >= 15 is 0 Å². The molecule has 3 rings (SSSR count). The predicted octanol–water partition coefficient (Wildman–Crippen LogP) is 2.92. The minimum absolute atomic E-state index is 0. The Morgan fingerprint density at radius 1 is 0.818 bits per heavy atom. The van der Waals surface area contributed by atoms with E-state index in [1.807, 2.05) is 12.1 Å². The van der Waals surface area contributed by atoms with E-state index in [1.54, 1.807) is 26.2 Å². The molecule has 0 saturated carbocycles. The average molecular weight is 436 g/mol. The summed E-state index contributed by atoms with van der Waals surface area (Å²) < 4.78 is 0. The van der Waals surface area contributed by atoms with Crippen LogP contribution in [-0.4, -0.2) is 32.4 Å². The first-order chi connectivity index (χ1) is 10.1. The van der Waals surface area contributed by atoms with E-state index in [0.29, 0.717) is 6.42 Å². The van der Waals surface area contributed by atoms with Crippen LogP contribution in [0, 0.1) is 49.4 Å². The van der Waals surface area contributed by atoms with Crippen molar-refractivity contribution in [3.8, 4) is 0 Å². The number of nitrogens with zero attached hydrogens (tertiary/aromatic N) is 2. The molecular weight excluding hydrogens is 416 g/mol. The van der Waals surface area contributed by atoms with Crippen molar-refractivity contribution in [1.82, 2.24) is 9.97 Å². The standard InChI is InChI=1S/C12H8N2.C5H12O2.Eu/c1-3-9-5-6-10-4-2-8-14-12(10)11(9)13-7-1;1-4(6)3-5(2)7;/h1-8H;4-7H,3H2,1-2H3;. The monoisotopic (exact) mass is 437 g/mol. The first-order valence-electron chi connectivity index (χ1n) is 7.02. The second-order valence-electron chi connectivity index (χ2n) is 5.15. The third-order valence-corrected chi connectivity index (χ3v) is 3.03. The van der Waals surface area contributed by atoms with Crippen molar-refractivity contribution in [1.29, 1.82) is 0 Å². The maximum absolute atomic E-state index is 8.56. The van der Waals surface area contributed by atoms with Crippen molar-refractivity contribution in [2.45, 2.75) is 32.5 Å². The molecule has 1 aromatic carbocycles. The molecule has 0 aliphatic heterocycles. The van der Waals surface area contributed by atoms with E-state index in [2.05, 4.69) is 34.2 Å². The van der Waals surface area contributed by atoms with E-state index in [4.69, 9.17) is 10.2 Å². The third-order valence-electron chi connectivity index (χ3n) is 3.03. The number of hydrogen-bond donors (Lipinski definition) is 2. The van der Waals surface area contributed by atoms with Crippen LogP contribution < -0.4 is 0 Å². The van der Waals surface area contributed by atoms with Crippen LogP contribution in [-0.2, 0) is 0 Å². The summed E-state index contributed by atoms with van der Waals surface area (Å²) in [6, 6.07) is 12.1. The number of rotatable bonds is 2. The third kappa shape index (κ3) is 5.63. The SMILES string of the molecule is CC(O)CC(C)O.[Eu].c1cnc2c(c1)ccc1cccnc12. The van der Waals surface area contributed by atoms with Crippen molar-refractivity contribution < 1.29 is 59.6 Å². The van der Waals surface area contributed by atoms with Crippen molar-refractivity contribution in [2.75, 3.05) is 0 Å². The molecule has 0 saturated heterocycles. The first-order valence-corrected chi connectivity index (χ1v) is 7.02. The molecule has 0 aliphatic rings. The molecule has 22 heavy (non-hydrogen) atoms. The molecule has 117 valence electrons. The van der Waals surface area contributed by atoms with Crippen LogP contribution in [0.5, 0.6) is 0 Å². The Morgan fingerprint density at radius 3 is 1.55 bits per heavy atom. The zero-order chi connectivity index (χ0) is 15.2. The van der Waals surface area contributed by atoms with Crippen molar-refractivity contribution in [2.24, 2.45) is 0 Å². The largest absolute Gasteiger partial charge is 0.393 e. The summed E-state index contributed by atoms with van der Waals surface area (Å²) in [5.74, 6) is 0. The van der Waals surface area contributed by atoms with Crippen LogP contribution in [0.1, 0.15) is 20.3 Å². The Morgan fingerprint density at radius 2 is 1.23 bits per heavy atom. The van der Waals surface area contributed by atoms with Gasteiger partial charge in [0.05, 0.1) is 23.2 Å². The van der Waals surface area contributed by atoms with Gasteiger partial charge in [-0.1, -0.05) is 24.3 Å². The van der Waals surface area contributed by atoms with Gasteiger partial charge in [0.2, 0.25) is 0 Å². The molecule has 2 heterocycles. The Bertz CT molecular complexity index is 656. The summed E-state index contributed by atoms with van der Waals surface area (Å²) in [5, 5.41) is 19.4. The van der Waals surface area contributed by atoms with E-state index < -0.39 is 0 Å². The number of fused-ring (bicyclic) bond motifs is 3. The van der Waals surface area contributed by atoms with Crippen molar-refractivity contribution in [3.63, 3.8) is 0 Å². The van der Waals surface area contributed by atoms with Gasteiger partial charge >= 0.3 is 0 Å². The fraction of sp³-hybridized carbons (Fsp3) is 0.294. The molecule has 0 amide bonds. The predicted molar refractivity (Wildman–Crippen MR) is 85.0 cm³/mol. The van der Waals surface area contributed by atoms with Crippen LogP contribution >= 0.6 is 0 Å². The Balaban J connectivity index is 0.000000264. The summed E-state index contributed by atoms with van der Waals surface area (Å²) in [6.07, 6.45) is 3.33. The van der Waals surface area contributed by atoms with Gasteiger partial charge in [-0.15, -0.1) is 0 Å². The average Bonchev–Trinajstić information content (AvgIpc) is 2.46. The molecule has 1 radical (unpaired) electrons. The van der Waals surface area contributed by atoms with Gasteiger partial charge in [-0.2, -0.15) is 0 Å². The molecule has 2 atom stereocenters. The summed E-state index contributed by atoms with van der Waals surface area (Å²) in [4.78, 5) is 8.69. The number of aliphatic hydroxyl groups excluding tert-OH is 2. The summed E-state index contributed by atoms with van der Waals surface area (Å²) in [5.41, 5.74) is 1.95. The summed E-state index contributed by atoms with van der Waals surface area (Å²) >= 11 is 0. The van der Waals surface area contributed by atoms with Gasteiger partial charge in [-0.05, 0) is 32.4 Å². The first kappa shape index (κ1) is 19.6. The quantitative estimate of drug-likeness (QED) is 0.607. The molecule has 3 aromatic rings. The molecule has 4 nitrogen and oxygen atoms in total. The number of hydrogen-bond acceptors (Lipinski definition) is 4. The maximum atomic E-state index is 8.56. The molecule has 2 aromatic heterocycles.